The minimum Gasteiger partial charge on any atom is -0.459 e. The van der Waals surface area contributed by atoms with E-state index >= 15 is 0 Å². The highest BCUT2D eigenvalue weighted by atomic mass is 16.5. The number of carbonyl (C=O) groups excluding carboxylic acids is 1. The van der Waals surface area contributed by atoms with Crippen LogP contribution in [0.3, 0.4) is 0 Å². The van der Waals surface area contributed by atoms with Crippen LogP contribution in [0.4, 0.5) is 0 Å². The second kappa shape index (κ2) is 6.18. The van der Waals surface area contributed by atoms with Crippen LogP contribution in [0.1, 0.15) is 36.4 Å². The van der Waals surface area contributed by atoms with Crippen molar-refractivity contribution in [2.75, 3.05) is 13.2 Å². The molecule has 0 spiro atoms. The monoisotopic (exact) mass is 267 g/mol. The molecular weight excluding hydrogens is 246 g/mol. The van der Waals surface area contributed by atoms with Crippen LogP contribution in [0.5, 0.6) is 0 Å². The van der Waals surface area contributed by atoms with Gasteiger partial charge in [0.15, 0.2) is 5.76 Å². The van der Waals surface area contributed by atoms with Gasteiger partial charge in [0, 0.05) is 24.7 Å². The molecule has 2 rings (SSSR count). The first kappa shape index (κ1) is 14.0. The number of furan rings is 1. The third-order valence-electron chi connectivity index (χ3n) is 3.51. The summed E-state index contributed by atoms with van der Waals surface area (Å²) in [7, 11) is 0. The van der Waals surface area contributed by atoms with Gasteiger partial charge in [-0.1, -0.05) is 6.92 Å². The van der Waals surface area contributed by atoms with Gasteiger partial charge >= 0.3 is 5.91 Å². The molecule has 0 aromatic carbocycles. The van der Waals surface area contributed by atoms with Crippen molar-refractivity contribution < 1.29 is 13.9 Å². The molecular formula is C13H21N3O3. The number of hydrogen-bond donors (Lipinski definition) is 2. The molecule has 0 saturated carbocycles. The lowest BCUT2D eigenvalue weighted by Crippen LogP contribution is -2.48. The van der Waals surface area contributed by atoms with Crippen molar-refractivity contribution >= 4 is 5.91 Å². The van der Waals surface area contributed by atoms with Crippen LogP contribution in [0.25, 0.3) is 0 Å². The van der Waals surface area contributed by atoms with Gasteiger partial charge in [0.25, 0.3) is 0 Å². The largest absolute Gasteiger partial charge is 0.459 e. The first-order valence-electron chi connectivity index (χ1n) is 6.58. The number of nitrogens with zero attached hydrogens (tertiary/aromatic N) is 1. The van der Waals surface area contributed by atoms with E-state index in [1.165, 1.54) is 6.26 Å². The van der Waals surface area contributed by atoms with Gasteiger partial charge < -0.3 is 9.15 Å². The summed E-state index contributed by atoms with van der Waals surface area (Å²) in [6, 6.07) is 2.19. The molecule has 1 aromatic rings. The van der Waals surface area contributed by atoms with Crippen LogP contribution < -0.4 is 11.3 Å². The highest BCUT2D eigenvalue weighted by molar-refractivity contribution is 5.92. The van der Waals surface area contributed by atoms with E-state index in [1.54, 1.807) is 0 Å². The number of nitrogens with one attached hydrogen (secondary N) is 1. The molecule has 1 aliphatic heterocycles. The number of carbonyl (C=O) groups is 1. The van der Waals surface area contributed by atoms with E-state index in [-0.39, 0.29) is 11.9 Å². The van der Waals surface area contributed by atoms with E-state index in [9.17, 15) is 4.79 Å². The van der Waals surface area contributed by atoms with Crippen LogP contribution >= 0.6 is 0 Å². The van der Waals surface area contributed by atoms with E-state index in [1.807, 2.05) is 6.07 Å². The molecule has 19 heavy (non-hydrogen) atoms. The molecule has 1 fully saturated rings. The molecule has 106 valence electrons. The number of nitrogens with two attached hydrogens (primary N) is 1. The summed E-state index contributed by atoms with van der Waals surface area (Å²) in [5.41, 5.74) is 2.96. The summed E-state index contributed by atoms with van der Waals surface area (Å²) < 4.78 is 10.9. The molecule has 2 unspecified atom stereocenters. The predicted molar refractivity (Wildman–Crippen MR) is 70.3 cm³/mol. The third-order valence-corrected chi connectivity index (χ3v) is 3.51. The highest BCUT2D eigenvalue weighted by Gasteiger charge is 2.27. The van der Waals surface area contributed by atoms with Crippen molar-refractivity contribution in [2.45, 2.75) is 39.0 Å². The minimum absolute atomic E-state index is 0.210. The summed E-state index contributed by atoms with van der Waals surface area (Å²) in [5.74, 6) is 5.04. The SMILES string of the molecule is CCC1COC(C)CN1Cc1ccoc1C(=O)NN. The molecule has 2 heterocycles. The van der Waals surface area contributed by atoms with Crippen molar-refractivity contribution in [1.82, 2.24) is 10.3 Å². The van der Waals surface area contributed by atoms with E-state index in [2.05, 4.69) is 24.2 Å². The first-order valence-corrected chi connectivity index (χ1v) is 6.58. The smallest absolute Gasteiger partial charge is 0.301 e. The zero-order valence-electron chi connectivity index (χ0n) is 11.4. The van der Waals surface area contributed by atoms with Crippen LogP contribution in [-0.2, 0) is 11.3 Å². The van der Waals surface area contributed by atoms with Crippen molar-refractivity contribution in [2.24, 2.45) is 5.84 Å². The fourth-order valence-corrected chi connectivity index (χ4v) is 2.43. The summed E-state index contributed by atoms with van der Waals surface area (Å²) in [4.78, 5) is 13.9. The maximum absolute atomic E-state index is 11.6. The summed E-state index contributed by atoms with van der Waals surface area (Å²) >= 11 is 0. The van der Waals surface area contributed by atoms with Gasteiger partial charge in [-0.3, -0.25) is 15.1 Å². The zero-order chi connectivity index (χ0) is 13.8. The lowest BCUT2D eigenvalue weighted by molar-refractivity contribution is -0.0593. The van der Waals surface area contributed by atoms with E-state index in [0.29, 0.717) is 12.6 Å². The van der Waals surface area contributed by atoms with Gasteiger partial charge in [-0.05, 0) is 19.4 Å². The molecule has 0 aliphatic carbocycles. The molecule has 2 atom stereocenters. The van der Waals surface area contributed by atoms with Crippen molar-refractivity contribution in [3.8, 4) is 0 Å². The van der Waals surface area contributed by atoms with Crippen LogP contribution in [0.2, 0.25) is 0 Å². The van der Waals surface area contributed by atoms with E-state index in [0.717, 1.165) is 25.1 Å². The molecule has 1 aromatic heterocycles. The fourth-order valence-electron chi connectivity index (χ4n) is 2.43. The third kappa shape index (κ3) is 3.15. The van der Waals surface area contributed by atoms with Crippen LogP contribution in [-0.4, -0.2) is 36.1 Å². The molecule has 1 saturated heterocycles. The van der Waals surface area contributed by atoms with E-state index in [4.69, 9.17) is 15.0 Å². The topological polar surface area (TPSA) is 80.7 Å². The molecule has 6 nitrogen and oxygen atoms in total. The number of nitrogen functional groups attached to an aromatic ring is 1. The number of ether oxygens (including phenoxy) is 1. The Balaban J connectivity index is 2.10. The Morgan fingerprint density at radius 3 is 3.11 bits per heavy atom. The Bertz CT molecular complexity index is 433. The maximum Gasteiger partial charge on any atom is 0.301 e. The van der Waals surface area contributed by atoms with Crippen LogP contribution in [0.15, 0.2) is 16.7 Å². The maximum atomic E-state index is 11.6. The van der Waals surface area contributed by atoms with Gasteiger partial charge in [0.05, 0.1) is 19.0 Å². The van der Waals surface area contributed by atoms with Crippen molar-refractivity contribution in [3.63, 3.8) is 0 Å². The number of morpholine rings is 1. The minimum atomic E-state index is -0.394. The van der Waals surface area contributed by atoms with Gasteiger partial charge in [0.1, 0.15) is 0 Å². The van der Waals surface area contributed by atoms with E-state index < -0.39 is 5.91 Å². The Kier molecular flexibility index (Phi) is 4.57. The second-order valence-electron chi connectivity index (χ2n) is 4.88. The molecule has 0 bridgehead atoms. The van der Waals surface area contributed by atoms with Gasteiger partial charge in [-0.15, -0.1) is 0 Å². The number of hydrazine groups is 1. The number of hydrogen-bond acceptors (Lipinski definition) is 5. The molecule has 6 heteroatoms. The molecule has 0 radical (unpaired) electrons. The standard InChI is InChI=1S/C13H21N3O3/c1-3-11-8-19-9(2)6-16(11)7-10-4-5-18-12(10)13(17)15-14/h4-5,9,11H,3,6-8,14H2,1-2H3,(H,15,17). The number of rotatable bonds is 4. The summed E-state index contributed by atoms with van der Waals surface area (Å²) in [6.45, 7) is 6.45. The average Bonchev–Trinajstić information content (AvgIpc) is 2.86. The van der Waals surface area contributed by atoms with Crippen molar-refractivity contribution in [1.29, 1.82) is 0 Å². The van der Waals surface area contributed by atoms with Gasteiger partial charge in [0.2, 0.25) is 0 Å². The fraction of sp³-hybridized carbons (Fsp3) is 0.615. The second-order valence-corrected chi connectivity index (χ2v) is 4.88. The van der Waals surface area contributed by atoms with Crippen molar-refractivity contribution in [3.05, 3.63) is 23.7 Å². The average molecular weight is 267 g/mol. The van der Waals surface area contributed by atoms with Crippen LogP contribution in [0, 0.1) is 0 Å². The Morgan fingerprint density at radius 2 is 2.42 bits per heavy atom. The summed E-state index contributed by atoms with van der Waals surface area (Å²) in [5, 5.41) is 0. The molecule has 3 N–H and O–H groups in total. The molecule has 1 amide bonds. The van der Waals surface area contributed by atoms with Gasteiger partial charge in [-0.2, -0.15) is 0 Å². The number of amides is 1. The first-order chi connectivity index (χ1) is 9.15. The lowest BCUT2D eigenvalue weighted by atomic mass is 10.1. The zero-order valence-corrected chi connectivity index (χ0v) is 11.4. The van der Waals surface area contributed by atoms with Gasteiger partial charge in [-0.25, -0.2) is 5.84 Å². The Hall–Kier alpha value is -1.37. The Morgan fingerprint density at radius 1 is 1.63 bits per heavy atom. The lowest BCUT2D eigenvalue weighted by Gasteiger charge is -2.38. The molecule has 1 aliphatic rings. The predicted octanol–water partition coefficient (Wildman–Crippen LogP) is 0.882. The Labute approximate surface area is 112 Å². The normalized spacial score (nSPS) is 24.4. The quantitative estimate of drug-likeness (QED) is 0.481. The highest BCUT2D eigenvalue weighted by Crippen LogP contribution is 2.20. The summed E-state index contributed by atoms with van der Waals surface area (Å²) in [6.07, 6.45) is 2.75.